The normalized spacial score (nSPS) is 12.1. The van der Waals surface area contributed by atoms with Gasteiger partial charge in [0, 0.05) is 13.1 Å². The topological polar surface area (TPSA) is 77.8 Å². The lowest BCUT2D eigenvalue weighted by molar-refractivity contribution is -0.141. The van der Waals surface area contributed by atoms with Crippen molar-refractivity contribution < 1.29 is 19.8 Å². The number of carbonyl (C=O) groups is 2. The Morgan fingerprint density at radius 3 is 2.71 bits per heavy atom. The van der Waals surface area contributed by atoms with Gasteiger partial charge in [0.2, 0.25) is 0 Å². The van der Waals surface area contributed by atoms with Crippen molar-refractivity contribution in [3.8, 4) is 0 Å². The summed E-state index contributed by atoms with van der Waals surface area (Å²) in [5.74, 6) is -1.83. The van der Waals surface area contributed by atoms with Gasteiger partial charge in [-0.15, -0.1) is 11.3 Å². The van der Waals surface area contributed by atoms with Crippen LogP contribution in [0.3, 0.4) is 0 Å². The molecule has 0 fully saturated rings. The second kappa shape index (κ2) is 6.36. The van der Waals surface area contributed by atoms with E-state index < -0.39 is 11.9 Å². The number of aliphatic hydroxyl groups excluding tert-OH is 1. The fourth-order valence-corrected chi connectivity index (χ4v) is 2.05. The van der Waals surface area contributed by atoms with Gasteiger partial charge in [-0.1, -0.05) is 13.0 Å². The summed E-state index contributed by atoms with van der Waals surface area (Å²) in [6.45, 7) is 1.61. The maximum atomic E-state index is 12.0. The predicted octanol–water partition coefficient (Wildman–Crippen LogP) is 0.903. The molecule has 2 N–H and O–H groups in total. The number of hydrogen-bond donors (Lipinski definition) is 2. The van der Waals surface area contributed by atoms with Crippen molar-refractivity contribution in [2.75, 3.05) is 19.7 Å². The molecule has 1 unspecified atom stereocenters. The number of thiophene rings is 1. The van der Waals surface area contributed by atoms with Crippen LogP contribution < -0.4 is 0 Å². The van der Waals surface area contributed by atoms with E-state index in [-0.39, 0.29) is 25.6 Å². The Bertz CT molecular complexity index is 377. The Morgan fingerprint density at radius 1 is 1.53 bits per heavy atom. The van der Waals surface area contributed by atoms with Crippen LogP contribution in [0, 0.1) is 5.92 Å². The minimum atomic E-state index is -0.952. The Kier molecular flexibility index (Phi) is 5.11. The number of carbonyl (C=O) groups excluding carboxylic acids is 1. The molecular formula is C11H15NO4S. The summed E-state index contributed by atoms with van der Waals surface area (Å²) in [7, 11) is 0. The van der Waals surface area contributed by atoms with Crippen LogP contribution in [0.1, 0.15) is 16.6 Å². The number of nitrogens with zero attached hydrogens (tertiary/aromatic N) is 1. The first-order valence-corrected chi connectivity index (χ1v) is 6.10. The van der Waals surface area contributed by atoms with E-state index in [1.165, 1.54) is 23.2 Å². The van der Waals surface area contributed by atoms with Crippen molar-refractivity contribution in [1.29, 1.82) is 0 Å². The predicted molar refractivity (Wildman–Crippen MR) is 64.1 cm³/mol. The number of carboxylic acids is 1. The summed E-state index contributed by atoms with van der Waals surface area (Å²) in [5, 5.41) is 19.5. The first kappa shape index (κ1) is 13.7. The van der Waals surface area contributed by atoms with Crippen molar-refractivity contribution in [1.82, 2.24) is 4.90 Å². The second-order valence-corrected chi connectivity index (χ2v) is 4.64. The van der Waals surface area contributed by atoms with Gasteiger partial charge in [-0.25, -0.2) is 0 Å². The molecule has 0 spiro atoms. The fraction of sp³-hybridized carbons (Fsp3) is 0.455. The summed E-state index contributed by atoms with van der Waals surface area (Å²) in [4.78, 5) is 24.7. The molecule has 0 bridgehead atoms. The number of amides is 1. The molecule has 0 saturated carbocycles. The van der Waals surface area contributed by atoms with Crippen molar-refractivity contribution >= 4 is 23.2 Å². The van der Waals surface area contributed by atoms with Crippen molar-refractivity contribution in [2.45, 2.75) is 6.92 Å². The van der Waals surface area contributed by atoms with E-state index in [4.69, 9.17) is 10.2 Å². The summed E-state index contributed by atoms with van der Waals surface area (Å²) in [6, 6.07) is 3.44. The standard InChI is InChI=1S/C11H15NO4S/c1-8(11(15)16)7-12(4-5-13)10(14)9-3-2-6-17-9/h2-3,6,8,13H,4-5,7H2,1H3,(H,15,16). The van der Waals surface area contributed by atoms with Crippen molar-refractivity contribution in [3.63, 3.8) is 0 Å². The van der Waals surface area contributed by atoms with Gasteiger partial charge in [-0.2, -0.15) is 0 Å². The molecule has 0 saturated heterocycles. The third-order valence-electron chi connectivity index (χ3n) is 2.30. The molecule has 94 valence electrons. The Labute approximate surface area is 103 Å². The van der Waals surface area contributed by atoms with Gasteiger partial charge >= 0.3 is 5.97 Å². The van der Waals surface area contributed by atoms with Crippen LogP contribution in [0.25, 0.3) is 0 Å². The molecule has 17 heavy (non-hydrogen) atoms. The third kappa shape index (κ3) is 3.83. The summed E-state index contributed by atoms with van der Waals surface area (Å²) < 4.78 is 0. The maximum Gasteiger partial charge on any atom is 0.308 e. The Hall–Kier alpha value is -1.40. The molecule has 6 heteroatoms. The Morgan fingerprint density at radius 2 is 2.24 bits per heavy atom. The van der Waals surface area contributed by atoms with E-state index in [2.05, 4.69) is 0 Å². The van der Waals surface area contributed by atoms with E-state index in [0.717, 1.165) is 0 Å². The first-order chi connectivity index (χ1) is 8.06. The lowest BCUT2D eigenvalue weighted by atomic mass is 10.1. The van der Waals surface area contributed by atoms with Crippen LogP contribution in [0.15, 0.2) is 17.5 Å². The number of rotatable bonds is 6. The van der Waals surface area contributed by atoms with Gasteiger partial charge in [0.15, 0.2) is 0 Å². The van der Waals surface area contributed by atoms with Crippen LogP contribution in [0.2, 0.25) is 0 Å². The van der Waals surface area contributed by atoms with Crippen LogP contribution >= 0.6 is 11.3 Å². The summed E-state index contributed by atoms with van der Waals surface area (Å²) >= 11 is 1.30. The molecule has 1 aromatic rings. The van der Waals surface area contributed by atoms with Crippen molar-refractivity contribution in [3.05, 3.63) is 22.4 Å². The smallest absolute Gasteiger partial charge is 0.308 e. The molecule has 0 aliphatic heterocycles. The third-order valence-corrected chi connectivity index (χ3v) is 3.16. The van der Waals surface area contributed by atoms with E-state index in [9.17, 15) is 9.59 Å². The van der Waals surface area contributed by atoms with Crippen LogP contribution in [0.5, 0.6) is 0 Å². The van der Waals surface area contributed by atoms with Gasteiger partial charge < -0.3 is 15.1 Å². The number of aliphatic hydroxyl groups is 1. The van der Waals surface area contributed by atoms with Gasteiger partial charge in [0.25, 0.3) is 5.91 Å². The monoisotopic (exact) mass is 257 g/mol. The lowest BCUT2D eigenvalue weighted by Crippen LogP contribution is -2.38. The number of hydrogen-bond acceptors (Lipinski definition) is 4. The molecule has 0 aliphatic rings. The minimum absolute atomic E-state index is 0.104. The average Bonchev–Trinajstić information content (AvgIpc) is 2.80. The summed E-state index contributed by atoms with van der Waals surface area (Å²) in [5.41, 5.74) is 0. The molecule has 0 radical (unpaired) electrons. The zero-order valence-electron chi connectivity index (χ0n) is 9.50. The number of carboxylic acid groups (broad SMARTS) is 1. The highest BCUT2D eigenvalue weighted by molar-refractivity contribution is 7.12. The maximum absolute atomic E-state index is 12.0. The molecule has 0 aliphatic carbocycles. The molecular weight excluding hydrogens is 242 g/mol. The summed E-state index contributed by atoms with van der Waals surface area (Å²) in [6.07, 6.45) is 0. The SMILES string of the molecule is CC(CN(CCO)C(=O)c1cccs1)C(=O)O. The molecule has 0 aromatic carbocycles. The molecule has 1 aromatic heterocycles. The Balaban J connectivity index is 2.72. The highest BCUT2D eigenvalue weighted by atomic mass is 32.1. The van der Waals surface area contributed by atoms with Gasteiger partial charge in [0.1, 0.15) is 0 Å². The molecule has 1 amide bonds. The van der Waals surface area contributed by atoms with E-state index in [0.29, 0.717) is 4.88 Å². The zero-order chi connectivity index (χ0) is 12.8. The zero-order valence-corrected chi connectivity index (χ0v) is 10.3. The van der Waals surface area contributed by atoms with Gasteiger partial charge in [0.05, 0.1) is 17.4 Å². The molecule has 1 rings (SSSR count). The first-order valence-electron chi connectivity index (χ1n) is 5.22. The number of aliphatic carboxylic acids is 1. The minimum Gasteiger partial charge on any atom is -0.481 e. The molecule has 1 heterocycles. The van der Waals surface area contributed by atoms with Crippen LogP contribution in [-0.4, -0.2) is 46.7 Å². The van der Waals surface area contributed by atoms with E-state index in [1.807, 2.05) is 0 Å². The highest BCUT2D eigenvalue weighted by Gasteiger charge is 2.21. The average molecular weight is 257 g/mol. The molecule has 1 atom stereocenters. The van der Waals surface area contributed by atoms with E-state index >= 15 is 0 Å². The van der Waals surface area contributed by atoms with E-state index in [1.54, 1.807) is 17.5 Å². The second-order valence-electron chi connectivity index (χ2n) is 3.69. The fourth-order valence-electron chi connectivity index (χ4n) is 1.36. The van der Waals surface area contributed by atoms with Gasteiger partial charge in [-0.3, -0.25) is 9.59 Å². The quantitative estimate of drug-likeness (QED) is 0.794. The van der Waals surface area contributed by atoms with Gasteiger partial charge in [-0.05, 0) is 11.4 Å². The highest BCUT2D eigenvalue weighted by Crippen LogP contribution is 2.13. The van der Waals surface area contributed by atoms with Crippen LogP contribution in [0.4, 0.5) is 0 Å². The lowest BCUT2D eigenvalue weighted by Gasteiger charge is -2.23. The largest absolute Gasteiger partial charge is 0.481 e. The molecule has 5 nitrogen and oxygen atoms in total. The van der Waals surface area contributed by atoms with Crippen LogP contribution in [-0.2, 0) is 4.79 Å². The van der Waals surface area contributed by atoms with Crippen molar-refractivity contribution in [2.24, 2.45) is 5.92 Å².